The number of pyridine rings is 1. The summed E-state index contributed by atoms with van der Waals surface area (Å²) >= 11 is 0. The summed E-state index contributed by atoms with van der Waals surface area (Å²) in [5, 5.41) is 5.90. The Hall–Kier alpha value is -3.02. The summed E-state index contributed by atoms with van der Waals surface area (Å²) in [5.41, 5.74) is 1.20. The Morgan fingerprint density at radius 3 is 2.85 bits per heavy atom. The first-order valence-corrected chi connectivity index (χ1v) is 8.79. The van der Waals surface area contributed by atoms with Crippen molar-refractivity contribution in [1.29, 1.82) is 0 Å². The van der Waals surface area contributed by atoms with Crippen molar-refractivity contribution < 1.29 is 9.59 Å². The molecule has 1 aliphatic rings. The number of rotatable bonds is 4. The van der Waals surface area contributed by atoms with Crippen LogP contribution in [0.25, 0.3) is 10.8 Å². The second kappa shape index (κ2) is 6.71. The molecule has 3 heterocycles. The molecule has 1 aliphatic heterocycles. The van der Waals surface area contributed by atoms with Gasteiger partial charge >= 0.3 is 0 Å². The first kappa shape index (κ1) is 16.4. The number of amides is 1. The van der Waals surface area contributed by atoms with Crippen LogP contribution in [0.3, 0.4) is 0 Å². The van der Waals surface area contributed by atoms with Crippen LogP contribution < -0.4 is 0 Å². The van der Waals surface area contributed by atoms with Crippen molar-refractivity contribution in [3.63, 3.8) is 0 Å². The molecule has 1 unspecified atom stereocenters. The van der Waals surface area contributed by atoms with Crippen LogP contribution in [0.1, 0.15) is 40.0 Å². The molecule has 1 aromatic carbocycles. The molecule has 0 spiro atoms. The van der Waals surface area contributed by atoms with E-state index in [1.165, 1.54) is 0 Å². The highest BCUT2D eigenvalue weighted by molar-refractivity contribution is 6.07. The number of hydrogen-bond donors (Lipinski definition) is 0. The molecule has 1 fully saturated rings. The Bertz CT molecular complexity index is 973. The number of likely N-dealkylation sites (tertiary alicyclic amines) is 1. The third-order valence-electron chi connectivity index (χ3n) is 4.98. The van der Waals surface area contributed by atoms with E-state index in [9.17, 15) is 9.59 Å². The maximum absolute atomic E-state index is 13.2. The van der Waals surface area contributed by atoms with E-state index in [0.29, 0.717) is 24.1 Å². The normalized spacial score (nSPS) is 17.0. The average Bonchev–Trinajstić information content (AvgIpc) is 3.29. The number of aryl methyl sites for hydroxylation is 1. The van der Waals surface area contributed by atoms with E-state index in [1.807, 2.05) is 29.2 Å². The fourth-order valence-electron chi connectivity index (χ4n) is 3.65. The zero-order valence-corrected chi connectivity index (χ0v) is 14.6. The largest absolute Gasteiger partial charge is 0.335 e. The standard InChI is InChI=1S/C20H20N4O2/c1-23-13-15(11-22-23)19(25)9-16-6-4-8-24(16)20(26)18-12-21-10-14-5-2-3-7-17(14)18/h2-3,5,7,10-13,16H,4,6,8-9H2,1H3. The summed E-state index contributed by atoms with van der Waals surface area (Å²) in [6.07, 6.45) is 8.78. The van der Waals surface area contributed by atoms with Crippen LogP contribution in [0.15, 0.2) is 49.1 Å². The third kappa shape index (κ3) is 2.98. The summed E-state index contributed by atoms with van der Waals surface area (Å²) < 4.78 is 1.62. The van der Waals surface area contributed by atoms with E-state index in [1.54, 1.807) is 36.5 Å². The van der Waals surface area contributed by atoms with Crippen LogP contribution in [0, 0.1) is 0 Å². The fraction of sp³-hybridized carbons (Fsp3) is 0.300. The monoisotopic (exact) mass is 348 g/mol. The predicted octanol–water partition coefficient (Wildman–Crippen LogP) is 2.85. The number of ketones is 1. The predicted molar refractivity (Wildman–Crippen MR) is 98.0 cm³/mol. The number of carbonyl (C=O) groups is 2. The van der Waals surface area contributed by atoms with Gasteiger partial charge < -0.3 is 4.90 Å². The Morgan fingerprint density at radius 2 is 2.04 bits per heavy atom. The van der Waals surface area contributed by atoms with Gasteiger partial charge in [-0.3, -0.25) is 19.3 Å². The SMILES string of the molecule is Cn1cc(C(=O)CC2CCCN2C(=O)c2cncc3ccccc23)cn1. The summed E-state index contributed by atoms with van der Waals surface area (Å²) in [4.78, 5) is 31.7. The number of benzene rings is 1. The van der Waals surface area contributed by atoms with Crippen molar-refractivity contribution in [2.24, 2.45) is 7.05 Å². The van der Waals surface area contributed by atoms with Gasteiger partial charge in [0, 0.05) is 50.0 Å². The Balaban J connectivity index is 1.57. The zero-order valence-electron chi connectivity index (χ0n) is 14.6. The first-order chi connectivity index (χ1) is 12.6. The van der Waals surface area contributed by atoms with Crippen molar-refractivity contribution in [3.05, 3.63) is 60.2 Å². The van der Waals surface area contributed by atoms with Gasteiger partial charge in [0.15, 0.2) is 5.78 Å². The lowest BCUT2D eigenvalue weighted by atomic mass is 10.0. The molecule has 1 atom stereocenters. The van der Waals surface area contributed by atoms with Gasteiger partial charge in [-0.1, -0.05) is 24.3 Å². The van der Waals surface area contributed by atoms with Crippen molar-refractivity contribution in [2.45, 2.75) is 25.3 Å². The highest BCUT2D eigenvalue weighted by Crippen LogP contribution is 2.26. The maximum atomic E-state index is 13.2. The van der Waals surface area contributed by atoms with Gasteiger partial charge in [0.25, 0.3) is 5.91 Å². The van der Waals surface area contributed by atoms with Gasteiger partial charge in [-0.25, -0.2) is 0 Å². The summed E-state index contributed by atoms with van der Waals surface area (Å²) in [6, 6.07) is 7.67. The van der Waals surface area contributed by atoms with E-state index in [4.69, 9.17) is 0 Å². The number of carbonyl (C=O) groups excluding carboxylic acids is 2. The topological polar surface area (TPSA) is 68.1 Å². The molecule has 26 heavy (non-hydrogen) atoms. The number of aromatic nitrogens is 3. The molecule has 1 amide bonds. The quantitative estimate of drug-likeness (QED) is 0.680. The molecule has 0 saturated carbocycles. The Morgan fingerprint density at radius 1 is 1.19 bits per heavy atom. The molecule has 6 nitrogen and oxygen atoms in total. The fourth-order valence-corrected chi connectivity index (χ4v) is 3.65. The smallest absolute Gasteiger partial charge is 0.256 e. The minimum atomic E-state index is -0.0748. The minimum Gasteiger partial charge on any atom is -0.335 e. The third-order valence-corrected chi connectivity index (χ3v) is 4.98. The second-order valence-corrected chi connectivity index (χ2v) is 6.73. The molecular formula is C20H20N4O2. The number of fused-ring (bicyclic) bond motifs is 1. The number of Topliss-reactive ketones (excluding diaryl/α,β-unsaturated/α-hetero) is 1. The van der Waals surface area contributed by atoms with Crippen molar-refractivity contribution in [1.82, 2.24) is 19.7 Å². The highest BCUT2D eigenvalue weighted by Gasteiger charge is 2.32. The maximum Gasteiger partial charge on any atom is 0.256 e. The molecule has 0 radical (unpaired) electrons. The van der Waals surface area contributed by atoms with Gasteiger partial charge in [-0.05, 0) is 18.2 Å². The molecule has 1 saturated heterocycles. The molecule has 0 bridgehead atoms. The van der Waals surface area contributed by atoms with E-state index in [0.717, 1.165) is 23.6 Å². The van der Waals surface area contributed by atoms with E-state index >= 15 is 0 Å². The molecule has 6 heteroatoms. The zero-order chi connectivity index (χ0) is 18.1. The van der Waals surface area contributed by atoms with Gasteiger partial charge in [-0.2, -0.15) is 5.10 Å². The van der Waals surface area contributed by atoms with Crippen molar-refractivity contribution >= 4 is 22.5 Å². The van der Waals surface area contributed by atoms with E-state index in [-0.39, 0.29) is 17.7 Å². The van der Waals surface area contributed by atoms with Crippen molar-refractivity contribution in [2.75, 3.05) is 6.54 Å². The lowest BCUT2D eigenvalue weighted by Gasteiger charge is -2.24. The van der Waals surface area contributed by atoms with Gasteiger partial charge in [-0.15, -0.1) is 0 Å². The summed E-state index contributed by atoms with van der Waals surface area (Å²) in [7, 11) is 1.79. The van der Waals surface area contributed by atoms with Crippen LogP contribution in [0.4, 0.5) is 0 Å². The van der Waals surface area contributed by atoms with Crippen LogP contribution in [-0.2, 0) is 7.05 Å². The van der Waals surface area contributed by atoms with Crippen LogP contribution >= 0.6 is 0 Å². The molecule has 0 aliphatic carbocycles. The molecule has 2 aromatic heterocycles. The highest BCUT2D eigenvalue weighted by atomic mass is 16.2. The van der Waals surface area contributed by atoms with Crippen LogP contribution in [0.2, 0.25) is 0 Å². The van der Waals surface area contributed by atoms with Crippen LogP contribution in [-0.4, -0.2) is 43.9 Å². The molecule has 132 valence electrons. The average molecular weight is 348 g/mol. The van der Waals surface area contributed by atoms with E-state index < -0.39 is 0 Å². The second-order valence-electron chi connectivity index (χ2n) is 6.73. The van der Waals surface area contributed by atoms with Gasteiger partial charge in [0.05, 0.1) is 17.3 Å². The lowest BCUT2D eigenvalue weighted by Crippen LogP contribution is -2.37. The molecule has 0 N–H and O–H groups in total. The first-order valence-electron chi connectivity index (χ1n) is 8.79. The number of nitrogens with zero attached hydrogens (tertiary/aromatic N) is 4. The van der Waals surface area contributed by atoms with Crippen LogP contribution in [0.5, 0.6) is 0 Å². The molecule has 4 rings (SSSR count). The van der Waals surface area contributed by atoms with Crippen molar-refractivity contribution in [3.8, 4) is 0 Å². The Kier molecular flexibility index (Phi) is 4.24. The van der Waals surface area contributed by atoms with E-state index in [2.05, 4.69) is 10.1 Å². The summed E-state index contributed by atoms with van der Waals surface area (Å²) in [5.74, 6) is -0.0189. The Labute approximate surface area is 151 Å². The molecular weight excluding hydrogens is 328 g/mol. The lowest BCUT2D eigenvalue weighted by molar-refractivity contribution is 0.0718. The minimum absolute atomic E-state index is 0.0267. The van der Waals surface area contributed by atoms with Gasteiger partial charge in [0.1, 0.15) is 0 Å². The van der Waals surface area contributed by atoms with Gasteiger partial charge in [0.2, 0.25) is 0 Å². The molecule has 3 aromatic rings. The number of hydrogen-bond acceptors (Lipinski definition) is 4. The summed E-state index contributed by atoms with van der Waals surface area (Å²) in [6.45, 7) is 0.674.